The third kappa shape index (κ3) is 4.48. The van der Waals surface area contributed by atoms with E-state index in [1.807, 2.05) is 0 Å². The number of aryl methyl sites for hydroxylation is 1. The van der Waals surface area contributed by atoms with Crippen LogP contribution in [0.1, 0.15) is 37.8 Å². The summed E-state index contributed by atoms with van der Waals surface area (Å²) in [5.41, 5.74) is 2.87. The van der Waals surface area contributed by atoms with Crippen LogP contribution in [0.15, 0.2) is 24.3 Å². The molecule has 1 rings (SSSR count). The summed E-state index contributed by atoms with van der Waals surface area (Å²) in [6.07, 6.45) is 3.67. The molecule has 0 fully saturated rings. The summed E-state index contributed by atoms with van der Waals surface area (Å²) in [4.78, 5) is 0. The van der Waals surface area contributed by atoms with Crippen molar-refractivity contribution in [2.24, 2.45) is 0 Å². The van der Waals surface area contributed by atoms with Crippen molar-refractivity contribution in [1.82, 2.24) is 5.32 Å². The zero-order valence-electron chi connectivity index (χ0n) is 10.2. The molecule has 84 valence electrons. The maximum absolute atomic E-state index is 3.56. The number of benzene rings is 1. The van der Waals surface area contributed by atoms with Gasteiger partial charge < -0.3 is 5.32 Å². The van der Waals surface area contributed by atoms with Crippen LogP contribution in [0.4, 0.5) is 0 Å². The SMILES string of the molecule is CCCC(C)NCCc1ccccc1C. The summed E-state index contributed by atoms with van der Waals surface area (Å²) >= 11 is 0. The zero-order chi connectivity index (χ0) is 11.1. The van der Waals surface area contributed by atoms with Crippen molar-refractivity contribution >= 4 is 0 Å². The van der Waals surface area contributed by atoms with Crippen molar-refractivity contribution in [3.63, 3.8) is 0 Å². The van der Waals surface area contributed by atoms with E-state index in [9.17, 15) is 0 Å². The third-order valence-electron chi connectivity index (χ3n) is 2.87. The molecule has 1 heteroatoms. The number of rotatable bonds is 6. The number of nitrogens with one attached hydrogen (secondary N) is 1. The van der Waals surface area contributed by atoms with E-state index in [0.29, 0.717) is 6.04 Å². The Morgan fingerprint density at radius 3 is 2.67 bits per heavy atom. The van der Waals surface area contributed by atoms with Crippen LogP contribution in [0.2, 0.25) is 0 Å². The van der Waals surface area contributed by atoms with Gasteiger partial charge in [0.25, 0.3) is 0 Å². The van der Waals surface area contributed by atoms with E-state index in [1.54, 1.807) is 0 Å². The highest BCUT2D eigenvalue weighted by molar-refractivity contribution is 5.25. The Balaban J connectivity index is 2.29. The van der Waals surface area contributed by atoms with Gasteiger partial charge in [-0.3, -0.25) is 0 Å². The number of hydrogen-bond acceptors (Lipinski definition) is 1. The minimum absolute atomic E-state index is 0.652. The molecule has 0 saturated heterocycles. The maximum Gasteiger partial charge on any atom is 0.00387 e. The van der Waals surface area contributed by atoms with Gasteiger partial charge in [0, 0.05) is 6.04 Å². The Labute approximate surface area is 93.9 Å². The second-order valence-electron chi connectivity index (χ2n) is 4.32. The summed E-state index contributed by atoms with van der Waals surface area (Å²) in [5.74, 6) is 0. The first-order valence-electron chi connectivity index (χ1n) is 6.02. The Morgan fingerprint density at radius 2 is 2.00 bits per heavy atom. The van der Waals surface area contributed by atoms with Crippen LogP contribution in [0.5, 0.6) is 0 Å². The van der Waals surface area contributed by atoms with E-state index < -0.39 is 0 Å². The van der Waals surface area contributed by atoms with Crippen LogP contribution in [0.3, 0.4) is 0 Å². The van der Waals surface area contributed by atoms with Gasteiger partial charge in [-0.15, -0.1) is 0 Å². The van der Waals surface area contributed by atoms with Crippen molar-refractivity contribution in [3.05, 3.63) is 35.4 Å². The van der Waals surface area contributed by atoms with Crippen LogP contribution in [-0.4, -0.2) is 12.6 Å². The van der Waals surface area contributed by atoms with Gasteiger partial charge in [0.1, 0.15) is 0 Å². The molecule has 1 aromatic carbocycles. The average Bonchev–Trinajstić information content (AvgIpc) is 2.21. The van der Waals surface area contributed by atoms with Crippen molar-refractivity contribution in [2.75, 3.05) is 6.54 Å². The normalized spacial score (nSPS) is 12.7. The molecule has 1 atom stereocenters. The predicted octanol–water partition coefficient (Wildman–Crippen LogP) is 3.32. The first-order chi connectivity index (χ1) is 7.24. The van der Waals surface area contributed by atoms with Crippen LogP contribution >= 0.6 is 0 Å². The Bertz CT molecular complexity index is 280. The lowest BCUT2D eigenvalue weighted by Crippen LogP contribution is -2.27. The highest BCUT2D eigenvalue weighted by Crippen LogP contribution is 2.07. The van der Waals surface area contributed by atoms with Gasteiger partial charge in [0.15, 0.2) is 0 Å². The third-order valence-corrected chi connectivity index (χ3v) is 2.87. The summed E-state index contributed by atoms with van der Waals surface area (Å²) in [5, 5.41) is 3.56. The zero-order valence-corrected chi connectivity index (χ0v) is 10.2. The van der Waals surface area contributed by atoms with Gasteiger partial charge in [0.05, 0.1) is 0 Å². The Morgan fingerprint density at radius 1 is 1.27 bits per heavy atom. The first kappa shape index (κ1) is 12.3. The summed E-state index contributed by atoms with van der Waals surface area (Å²) in [6.45, 7) is 7.78. The lowest BCUT2D eigenvalue weighted by atomic mass is 10.1. The van der Waals surface area contributed by atoms with Gasteiger partial charge in [-0.2, -0.15) is 0 Å². The minimum atomic E-state index is 0.652. The molecule has 1 aromatic rings. The van der Waals surface area contributed by atoms with Crippen LogP contribution in [0, 0.1) is 6.92 Å². The lowest BCUT2D eigenvalue weighted by Gasteiger charge is -2.13. The van der Waals surface area contributed by atoms with Crippen molar-refractivity contribution in [2.45, 2.75) is 46.1 Å². The minimum Gasteiger partial charge on any atom is -0.314 e. The van der Waals surface area contributed by atoms with Gasteiger partial charge in [-0.05, 0) is 44.4 Å². The Hall–Kier alpha value is -0.820. The van der Waals surface area contributed by atoms with Crippen molar-refractivity contribution < 1.29 is 0 Å². The molecular weight excluding hydrogens is 182 g/mol. The summed E-state index contributed by atoms with van der Waals surface area (Å²) in [7, 11) is 0. The van der Waals surface area contributed by atoms with Crippen molar-refractivity contribution in [1.29, 1.82) is 0 Å². The van der Waals surface area contributed by atoms with E-state index in [0.717, 1.165) is 13.0 Å². The predicted molar refractivity (Wildman–Crippen MR) is 67.3 cm³/mol. The van der Waals surface area contributed by atoms with Crippen LogP contribution in [0.25, 0.3) is 0 Å². The smallest absolute Gasteiger partial charge is 0.00387 e. The van der Waals surface area contributed by atoms with Gasteiger partial charge in [-0.25, -0.2) is 0 Å². The standard InChI is InChI=1S/C14H23N/c1-4-7-13(3)15-11-10-14-9-6-5-8-12(14)2/h5-6,8-9,13,15H,4,7,10-11H2,1-3H3. The highest BCUT2D eigenvalue weighted by Gasteiger charge is 2.00. The molecule has 0 aliphatic rings. The largest absolute Gasteiger partial charge is 0.314 e. The fourth-order valence-electron chi connectivity index (χ4n) is 1.88. The molecule has 0 aliphatic heterocycles. The van der Waals surface area contributed by atoms with Gasteiger partial charge in [0.2, 0.25) is 0 Å². The molecule has 0 spiro atoms. The molecule has 15 heavy (non-hydrogen) atoms. The molecule has 0 aromatic heterocycles. The second kappa shape index (κ2) is 6.62. The maximum atomic E-state index is 3.56. The summed E-state index contributed by atoms with van der Waals surface area (Å²) in [6, 6.07) is 9.29. The molecule has 1 N–H and O–H groups in total. The van der Waals surface area contributed by atoms with Gasteiger partial charge >= 0.3 is 0 Å². The quantitative estimate of drug-likeness (QED) is 0.751. The van der Waals surface area contributed by atoms with Crippen molar-refractivity contribution in [3.8, 4) is 0 Å². The van der Waals surface area contributed by atoms with E-state index in [2.05, 4.69) is 50.4 Å². The fraction of sp³-hybridized carbons (Fsp3) is 0.571. The molecular formula is C14H23N. The second-order valence-corrected chi connectivity index (χ2v) is 4.32. The lowest BCUT2D eigenvalue weighted by molar-refractivity contribution is 0.512. The summed E-state index contributed by atoms with van der Waals surface area (Å²) < 4.78 is 0. The molecule has 0 amide bonds. The average molecular weight is 205 g/mol. The molecule has 1 nitrogen and oxygen atoms in total. The van der Waals surface area contributed by atoms with Crippen LogP contribution < -0.4 is 5.32 Å². The van der Waals surface area contributed by atoms with E-state index in [4.69, 9.17) is 0 Å². The number of hydrogen-bond donors (Lipinski definition) is 1. The first-order valence-corrected chi connectivity index (χ1v) is 6.02. The van der Waals surface area contributed by atoms with E-state index in [1.165, 1.54) is 24.0 Å². The van der Waals surface area contributed by atoms with Gasteiger partial charge in [-0.1, -0.05) is 37.6 Å². The topological polar surface area (TPSA) is 12.0 Å². The highest BCUT2D eigenvalue weighted by atomic mass is 14.9. The molecule has 0 bridgehead atoms. The van der Waals surface area contributed by atoms with E-state index >= 15 is 0 Å². The fourth-order valence-corrected chi connectivity index (χ4v) is 1.88. The molecule has 0 aliphatic carbocycles. The molecule has 0 saturated carbocycles. The molecule has 1 unspecified atom stereocenters. The van der Waals surface area contributed by atoms with Crippen LogP contribution in [-0.2, 0) is 6.42 Å². The monoisotopic (exact) mass is 205 g/mol. The van der Waals surface area contributed by atoms with E-state index in [-0.39, 0.29) is 0 Å². The molecule has 0 radical (unpaired) electrons. The molecule has 0 heterocycles. The Kier molecular flexibility index (Phi) is 5.41.